The van der Waals surface area contributed by atoms with Crippen molar-refractivity contribution in [2.75, 3.05) is 6.61 Å². The van der Waals surface area contributed by atoms with Gasteiger partial charge in [-0.05, 0) is 29.8 Å². The number of hydrogen-bond donors (Lipinski definition) is 1. The van der Waals surface area contributed by atoms with Crippen molar-refractivity contribution in [1.29, 1.82) is 0 Å². The third kappa shape index (κ3) is 5.31. The minimum Gasteiger partial charge on any atom is -0.483 e. The first kappa shape index (κ1) is 21.5. The van der Waals surface area contributed by atoms with Crippen molar-refractivity contribution in [3.05, 3.63) is 107 Å². The molecule has 33 heavy (non-hydrogen) atoms. The monoisotopic (exact) mass is 441 g/mol. The Kier molecular flexibility index (Phi) is 6.56. The van der Waals surface area contributed by atoms with Crippen LogP contribution in [0.25, 0.3) is 22.5 Å². The summed E-state index contributed by atoms with van der Waals surface area (Å²) in [7, 11) is 0. The first-order valence-electron chi connectivity index (χ1n) is 10.0. The van der Waals surface area contributed by atoms with Crippen LogP contribution in [-0.4, -0.2) is 23.7 Å². The Labute approximate surface area is 189 Å². The number of para-hydroxylation sites is 2. The largest absolute Gasteiger partial charge is 0.483 e. The van der Waals surface area contributed by atoms with Gasteiger partial charge in [0, 0.05) is 11.6 Å². The van der Waals surface area contributed by atoms with Crippen molar-refractivity contribution in [3.63, 3.8) is 0 Å². The average Bonchev–Trinajstić information content (AvgIpc) is 3.32. The van der Waals surface area contributed by atoms with Crippen LogP contribution in [0, 0.1) is 10.1 Å². The second-order valence-electron chi connectivity index (χ2n) is 6.92. The third-order valence-corrected chi connectivity index (χ3v) is 4.70. The predicted molar refractivity (Wildman–Crippen MR) is 124 cm³/mol. The van der Waals surface area contributed by atoms with Crippen molar-refractivity contribution in [3.8, 4) is 28.2 Å². The Balaban J connectivity index is 1.36. The van der Waals surface area contributed by atoms with Crippen LogP contribution in [0.5, 0.6) is 5.75 Å². The number of nitrogens with zero attached hydrogens (tertiary/aromatic N) is 2. The van der Waals surface area contributed by atoms with E-state index in [0.29, 0.717) is 22.8 Å². The Bertz CT molecular complexity index is 1300. The maximum absolute atomic E-state index is 12.1. The Morgan fingerprint density at radius 2 is 1.64 bits per heavy atom. The Morgan fingerprint density at radius 1 is 0.939 bits per heavy atom. The van der Waals surface area contributed by atoms with E-state index in [9.17, 15) is 14.9 Å². The molecule has 1 aromatic heterocycles. The highest BCUT2D eigenvalue weighted by Crippen LogP contribution is 2.31. The van der Waals surface area contributed by atoms with E-state index in [-0.39, 0.29) is 12.3 Å². The molecular weight excluding hydrogens is 422 g/mol. The highest BCUT2D eigenvalue weighted by Gasteiger charge is 2.16. The quantitative estimate of drug-likeness (QED) is 0.234. The van der Waals surface area contributed by atoms with Gasteiger partial charge in [-0.3, -0.25) is 14.9 Å². The number of hydrazone groups is 1. The molecule has 8 nitrogen and oxygen atoms in total. The van der Waals surface area contributed by atoms with Gasteiger partial charge in [0.25, 0.3) is 11.6 Å². The number of benzene rings is 3. The van der Waals surface area contributed by atoms with Gasteiger partial charge in [0.1, 0.15) is 17.3 Å². The van der Waals surface area contributed by atoms with Gasteiger partial charge in [-0.2, -0.15) is 5.10 Å². The van der Waals surface area contributed by atoms with E-state index in [2.05, 4.69) is 10.5 Å². The topological polar surface area (TPSA) is 107 Å². The second-order valence-corrected chi connectivity index (χ2v) is 6.92. The molecule has 4 aromatic rings. The molecule has 0 unspecified atom stereocenters. The number of rotatable bonds is 8. The molecule has 0 aliphatic heterocycles. The fraction of sp³-hybridized carbons (Fsp3) is 0.0400. The molecule has 1 heterocycles. The summed E-state index contributed by atoms with van der Waals surface area (Å²) in [5.74, 6) is 0.803. The highest BCUT2D eigenvalue weighted by molar-refractivity contribution is 5.82. The van der Waals surface area contributed by atoms with Gasteiger partial charge in [-0.25, -0.2) is 5.43 Å². The number of nitrogens with one attached hydrogen (secondary N) is 1. The standard InChI is InChI=1S/C25H19N3O5/c29-25(17-32-23-13-7-5-10-20(23)18-8-2-1-3-9-18)27-26-16-19-14-15-24(33-19)21-11-4-6-12-22(21)28(30)31/h1-16H,17H2,(H,27,29)/b26-16-. The number of nitro groups is 1. The fourth-order valence-electron chi connectivity index (χ4n) is 3.20. The van der Waals surface area contributed by atoms with E-state index in [0.717, 1.165) is 11.1 Å². The molecule has 0 radical (unpaired) electrons. The van der Waals surface area contributed by atoms with E-state index in [4.69, 9.17) is 9.15 Å². The lowest BCUT2D eigenvalue weighted by atomic mass is 10.1. The molecule has 1 amide bonds. The van der Waals surface area contributed by atoms with Crippen LogP contribution in [0.15, 0.2) is 101 Å². The van der Waals surface area contributed by atoms with E-state index in [1.54, 1.807) is 36.4 Å². The molecule has 0 aliphatic rings. The maximum Gasteiger partial charge on any atom is 0.280 e. The normalized spacial score (nSPS) is 10.8. The van der Waals surface area contributed by atoms with Crippen LogP contribution < -0.4 is 10.2 Å². The van der Waals surface area contributed by atoms with E-state index in [1.807, 2.05) is 48.5 Å². The molecule has 0 aliphatic carbocycles. The summed E-state index contributed by atoms with van der Waals surface area (Å²) in [4.78, 5) is 22.9. The van der Waals surface area contributed by atoms with Crippen molar-refractivity contribution >= 4 is 17.8 Å². The highest BCUT2D eigenvalue weighted by atomic mass is 16.6. The smallest absolute Gasteiger partial charge is 0.280 e. The maximum atomic E-state index is 12.1. The summed E-state index contributed by atoms with van der Waals surface area (Å²) >= 11 is 0. The molecule has 0 spiro atoms. The second kappa shape index (κ2) is 10.1. The minimum absolute atomic E-state index is 0.0587. The van der Waals surface area contributed by atoms with Gasteiger partial charge in [0.2, 0.25) is 0 Å². The number of carbonyl (C=O) groups is 1. The number of nitro benzene ring substituents is 1. The molecule has 0 fully saturated rings. The van der Waals surface area contributed by atoms with E-state index in [1.165, 1.54) is 12.3 Å². The van der Waals surface area contributed by atoms with Crippen LogP contribution in [0.2, 0.25) is 0 Å². The summed E-state index contributed by atoms with van der Waals surface area (Å²) in [6.45, 7) is -0.221. The summed E-state index contributed by atoms with van der Waals surface area (Å²) in [6.07, 6.45) is 1.31. The lowest BCUT2D eigenvalue weighted by molar-refractivity contribution is -0.384. The van der Waals surface area contributed by atoms with Crippen molar-refractivity contribution < 1.29 is 18.9 Å². The number of hydrogen-bond acceptors (Lipinski definition) is 6. The lowest BCUT2D eigenvalue weighted by Crippen LogP contribution is -2.24. The van der Waals surface area contributed by atoms with Gasteiger partial charge < -0.3 is 9.15 Å². The molecular formula is C25H19N3O5. The van der Waals surface area contributed by atoms with Gasteiger partial charge in [-0.15, -0.1) is 0 Å². The number of carbonyl (C=O) groups excluding carboxylic acids is 1. The Morgan fingerprint density at radius 3 is 2.42 bits per heavy atom. The van der Waals surface area contributed by atoms with Crippen LogP contribution in [0.1, 0.15) is 5.76 Å². The summed E-state index contributed by atoms with van der Waals surface area (Å²) < 4.78 is 11.3. The molecule has 0 atom stereocenters. The summed E-state index contributed by atoms with van der Waals surface area (Å²) in [5.41, 5.74) is 4.54. The molecule has 0 saturated heterocycles. The molecule has 8 heteroatoms. The average molecular weight is 441 g/mol. The van der Waals surface area contributed by atoms with Gasteiger partial charge >= 0.3 is 0 Å². The first-order chi connectivity index (χ1) is 16.1. The number of furan rings is 1. The predicted octanol–water partition coefficient (Wildman–Crippen LogP) is 5.05. The summed E-state index contributed by atoms with van der Waals surface area (Å²) in [5, 5.41) is 15.1. The van der Waals surface area contributed by atoms with Crippen LogP contribution in [0.3, 0.4) is 0 Å². The zero-order valence-corrected chi connectivity index (χ0v) is 17.4. The van der Waals surface area contributed by atoms with Gasteiger partial charge in [-0.1, -0.05) is 60.7 Å². The van der Waals surface area contributed by atoms with Crippen LogP contribution in [-0.2, 0) is 4.79 Å². The zero-order chi connectivity index (χ0) is 23.0. The molecule has 164 valence electrons. The Hall–Kier alpha value is -4.72. The van der Waals surface area contributed by atoms with Gasteiger partial charge in [0.15, 0.2) is 6.61 Å². The molecule has 1 N–H and O–H groups in total. The minimum atomic E-state index is -0.470. The summed E-state index contributed by atoms with van der Waals surface area (Å²) in [6, 6.07) is 26.7. The van der Waals surface area contributed by atoms with Crippen molar-refractivity contribution in [2.24, 2.45) is 5.10 Å². The molecule has 3 aromatic carbocycles. The zero-order valence-electron chi connectivity index (χ0n) is 17.4. The number of amides is 1. The first-order valence-corrected chi connectivity index (χ1v) is 10.0. The van der Waals surface area contributed by atoms with Crippen LogP contribution >= 0.6 is 0 Å². The van der Waals surface area contributed by atoms with Crippen molar-refractivity contribution in [1.82, 2.24) is 5.43 Å². The fourth-order valence-corrected chi connectivity index (χ4v) is 3.20. The van der Waals surface area contributed by atoms with E-state index < -0.39 is 10.8 Å². The lowest BCUT2D eigenvalue weighted by Gasteiger charge is -2.10. The third-order valence-electron chi connectivity index (χ3n) is 4.70. The van der Waals surface area contributed by atoms with Crippen LogP contribution in [0.4, 0.5) is 5.69 Å². The molecule has 0 bridgehead atoms. The van der Waals surface area contributed by atoms with E-state index >= 15 is 0 Å². The van der Waals surface area contributed by atoms with Gasteiger partial charge in [0.05, 0.1) is 16.7 Å². The number of ether oxygens (including phenoxy) is 1. The SMILES string of the molecule is O=C(COc1ccccc1-c1ccccc1)N/N=C\c1ccc(-c2ccccc2[N+](=O)[O-])o1. The molecule has 0 saturated carbocycles. The molecule has 4 rings (SSSR count). The van der Waals surface area contributed by atoms with Crippen molar-refractivity contribution in [2.45, 2.75) is 0 Å².